The van der Waals surface area contributed by atoms with E-state index in [1.54, 1.807) is 6.92 Å². The van der Waals surface area contributed by atoms with Crippen molar-refractivity contribution in [3.05, 3.63) is 0 Å². The van der Waals surface area contributed by atoms with Gasteiger partial charge in [0.1, 0.15) is 5.88 Å². The summed E-state index contributed by atoms with van der Waals surface area (Å²) >= 11 is 5.01. The van der Waals surface area contributed by atoms with E-state index in [4.69, 9.17) is 11.6 Å². The smallest absolute Gasteiger partial charge is 0.434 e. The molecule has 0 atom stereocenters. The average molecular weight is 167 g/mol. The van der Waals surface area contributed by atoms with Crippen molar-refractivity contribution in [1.82, 2.24) is 0 Å². The second-order valence-corrected chi connectivity index (χ2v) is 1.56. The van der Waals surface area contributed by atoms with Crippen LogP contribution in [0.4, 0.5) is 4.79 Å². The molecule has 0 aromatic heterocycles. The standard InChI is InChI=1S/C5H7ClO4/c1-2-9-5(8)10-4(7)3-6/h2-3H2,1H3. The number of hydrogen-bond donors (Lipinski definition) is 0. The van der Waals surface area contributed by atoms with E-state index in [1.807, 2.05) is 0 Å². The lowest BCUT2D eigenvalue weighted by molar-refractivity contribution is -0.136. The molecule has 0 unspecified atom stereocenters. The maximum Gasteiger partial charge on any atom is 0.516 e. The van der Waals surface area contributed by atoms with Gasteiger partial charge >= 0.3 is 12.1 Å². The van der Waals surface area contributed by atoms with Crippen LogP contribution in [0.1, 0.15) is 6.92 Å². The maximum absolute atomic E-state index is 10.3. The molecule has 0 aromatic rings. The summed E-state index contributed by atoms with van der Waals surface area (Å²) in [5.41, 5.74) is 0. The summed E-state index contributed by atoms with van der Waals surface area (Å²) in [6.45, 7) is 1.78. The fraction of sp³-hybridized carbons (Fsp3) is 0.600. The van der Waals surface area contributed by atoms with Crippen molar-refractivity contribution in [3.63, 3.8) is 0 Å². The average Bonchev–Trinajstić information content (AvgIpc) is 1.88. The molecule has 0 saturated heterocycles. The lowest BCUT2D eigenvalue weighted by atomic mass is 10.8. The van der Waals surface area contributed by atoms with Gasteiger partial charge < -0.3 is 9.47 Å². The van der Waals surface area contributed by atoms with E-state index in [1.165, 1.54) is 0 Å². The molecule has 0 bridgehead atoms. The van der Waals surface area contributed by atoms with E-state index in [2.05, 4.69) is 9.47 Å². The molecule has 0 aliphatic heterocycles. The lowest BCUT2D eigenvalue weighted by Gasteiger charge is -1.98. The molecule has 0 aromatic carbocycles. The normalized spacial score (nSPS) is 8.60. The Morgan fingerprint density at radius 1 is 1.50 bits per heavy atom. The quantitative estimate of drug-likeness (QED) is 0.348. The number of ether oxygens (including phenoxy) is 2. The van der Waals surface area contributed by atoms with Crippen LogP contribution in [0.3, 0.4) is 0 Å². The monoisotopic (exact) mass is 166 g/mol. The predicted octanol–water partition coefficient (Wildman–Crippen LogP) is 0.925. The summed E-state index contributed by atoms with van der Waals surface area (Å²) in [5, 5.41) is 0. The molecule has 4 nitrogen and oxygen atoms in total. The highest BCUT2D eigenvalue weighted by Crippen LogP contribution is 1.87. The first kappa shape index (κ1) is 9.23. The minimum Gasteiger partial charge on any atom is -0.434 e. The molecule has 0 saturated carbocycles. The van der Waals surface area contributed by atoms with Crippen molar-refractivity contribution < 1.29 is 19.1 Å². The minimum absolute atomic E-state index is 0.175. The Bertz CT molecular complexity index is 134. The van der Waals surface area contributed by atoms with Crippen molar-refractivity contribution in [2.24, 2.45) is 0 Å². The summed E-state index contributed by atoms with van der Waals surface area (Å²) < 4.78 is 8.28. The highest BCUT2D eigenvalue weighted by atomic mass is 35.5. The van der Waals surface area contributed by atoms with Crippen molar-refractivity contribution in [2.45, 2.75) is 6.92 Å². The van der Waals surface area contributed by atoms with E-state index < -0.39 is 12.1 Å². The van der Waals surface area contributed by atoms with Crippen LogP contribution in [-0.2, 0) is 14.3 Å². The second-order valence-electron chi connectivity index (χ2n) is 1.29. The minimum atomic E-state index is -1.01. The van der Waals surface area contributed by atoms with Crippen LogP contribution in [0.25, 0.3) is 0 Å². The van der Waals surface area contributed by atoms with Gasteiger partial charge in [-0.05, 0) is 6.92 Å². The number of hydrogen-bond acceptors (Lipinski definition) is 4. The third-order valence-corrected chi connectivity index (χ3v) is 0.787. The molecule has 0 spiro atoms. The number of halogens is 1. The number of carbonyl (C=O) groups excluding carboxylic acids is 2. The van der Waals surface area contributed by atoms with Gasteiger partial charge in [-0.25, -0.2) is 4.79 Å². The number of esters is 1. The Morgan fingerprint density at radius 3 is 2.50 bits per heavy atom. The Balaban J connectivity index is 3.47. The Morgan fingerprint density at radius 2 is 2.10 bits per heavy atom. The predicted molar refractivity (Wildman–Crippen MR) is 33.8 cm³/mol. The van der Waals surface area contributed by atoms with Gasteiger partial charge in [-0.1, -0.05) is 0 Å². The van der Waals surface area contributed by atoms with Crippen LogP contribution in [0.2, 0.25) is 0 Å². The van der Waals surface area contributed by atoms with Gasteiger partial charge in [-0.3, -0.25) is 4.79 Å². The van der Waals surface area contributed by atoms with Crippen LogP contribution in [0.15, 0.2) is 0 Å². The molecule has 0 heterocycles. The van der Waals surface area contributed by atoms with E-state index in [-0.39, 0.29) is 12.5 Å². The number of carbonyl (C=O) groups is 2. The van der Waals surface area contributed by atoms with Crippen LogP contribution in [-0.4, -0.2) is 24.6 Å². The highest BCUT2D eigenvalue weighted by molar-refractivity contribution is 6.26. The zero-order chi connectivity index (χ0) is 7.98. The van der Waals surface area contributed by atoms with Gasteiger partial charge in [-0.2, -0.15) is 0 Å². The Kier molecular flexibility index (Phi) is 4.66. The molecular weight excluding hydrogens is 160 g/mol. The Labute approximate surface area is 63.1 Å². The van der Waals surface area contributed by atoms with Crippen molar-refractivity contribution in [3.8, 4) is 0 Å². The molecular formula is C5H7ClO4. The molecule has 0 rings (SSSR count). The van der Waals surface area contributed by atoms with E-state index in [0.717, 1.165) is 0 Å². The highest BCUT2D eigenvalue weighted by Gasteiger charge is 2.08. The molecule has 10 heavy (non-hydrogen) atoms. The first-order valence-electron chi connectivity index (χ1n) is 2.64. The molecule has 0 N–H and O–H groups in total. The van der Waals surface area contributed by atoms with Crippen LogP contribution < -0.4 is 0 Å². The van der Waals surface area contributed by atoms with Crippen LogP contribution >= 0.6 is 11.6 Å². The van der Waals surface area contributed by atoms with Gasteiger partial charge in [0.2, 0.25) is 0 Å². The summed E-state index contributed by atoms with van der Waals surface area (Å²) in [7, 11) is 0. The fourth-order valence-corrected chi connectivity index (χ4v) is 0.322. The molecule has 58 valence electrons. The van der Waals surface area contributed by atoms with Gasteiger partial charge in [-0.15, -0.1) is 11.6 Å². The fourth-order valence-electron chi connectivity index (χ4n) is 0.268. The summed E-state index contributed by atoms with van der Waals surface area (Å²) in [5.74, 6) is -1.15. The van der Waals surface area contributed by atoms with Gasteiger partial charge in [0.05, 0.1) is 6.61 Å². The largest absolute Gasteiger partial charge is 0.516 e. The van der Waals surface area contributed by atoms with Gasteiger partial charge in [0, 0.05) is 0 Å². The number of rotatable bonds is 2. The molecule has 0 fully saturated rings. The lowest BCUT2D eigenvalue weighted by Crippen LogP contribution is -2.14. The molecule has 0 aliphatic rings. The first-order chi connectivity index (χ1) is 4.70. The summed E-state index contributed by atoms with van der Waals surface area (Å²) in [4.78, 5) is 20.5. The molecule has 0 amide bonds. The second kappa shape index (κ2) is 5.05. The third kappa shape index (κ3) is 4.14. The van der Waals surface area contributed by atoms with Crippen molar-refractivity contribution in [1.29, 1.82) is 0 Å². The summed E-state index contributed by atoms with van der Waals surface area (Å²) in [6, 6.07) is 0. The van der Waals surface area contributed by atoms with E-state index >= 15 is 0 Å². The molecule has 5 heteroatoms. The third-order valence-electron chi connectivity index (χ3n) is 0.568. The van der Waals surface area contributed by atoms with Crippen molar-refractivity contribution >= 4 is 23.7 Å². The Hall–Kier alpha value is -0.770. The summed E-state index contributed by atoms with van der Waals surface area (Å²) in [6.07, 6.45) is -1.01. The zero-order valence-electron chi connectivity index (χ0n) is 5.43. The van der Waals surface area contributed by atoms with Gasteiger partial charge in [0.15, 0.2) is 0 Å². The van der Waals surface area contributed by atoms with Crippen LogP contribution in [0.5, 0.6) is 0 Å². The van der Waals surface area contributed by atoms with Crippen LogP contribution in [0, 0.1) is 0 Å². The number of alkyl halides is 1. The van der Waals surface area contributed by atoms with E-state index in [0.29, 0.717) is 0 Å². The SMILES string of the molecule is CCOC(=O)OC(=O)CCl. The molecule has 0 aliphatic carbocycles. The van der Waals surface area contributed by atoms with Gasteiger partial charge in [0.25, 0.3) is 0 Å². The first-order valence-corrected chi connectivity index (χ1v) is 3.17. The topological polar surface area (TPSA) is 52.6 Å². The zero-order valence-corrected chi connectivity index (χ0v) is 6.18. The maximum atomic E-state index is 10.3. The molecule has 0 radical (unpaired) electrons. The van der Waals surface area contributed by atoms with E-state index in [9.17, 15) is 9.59 Å². The van der Waals surface area contributed by atoms with Crippen molar-refractivity contribution in [2.75, 3.05) is 12.5 Å².